The number of aromatic nitrogens is 2. The number of hydrogen-bond donors (Lipinski definition) is 2. The van der Waals surface area contributed by atoms with Crippen LogP contribution in [-0.4, -0.2) is 15.7 Å². The Kier molecular flexibility index (Phi) is 3.26. The van der Waals surface area contributed by atoms with Gasteiger partial charge in [-0.25, -0.2) is 5.84 Å². The number of rotatable bonds is 3. The topological polar surface area (TPSA) is 72.9 Å². The van der Waals surface area contributed by atoms with Gasteiger partial charge in [0.25, 0.3) is 5.91 Å². The fraction of sp³-hybridized carbons (Fsp3) is 0.273. The van der Waals surface area contributed by atoms with Crippen molar-refractivity contribution >= 4 is 17.2 Å². The van der Waals surface area contributed by atoms with Gasteiger partial charge in [-0.1, -0.05) is 0 Å². The maximum Gasteiger partial charge on any atom is 0.275 e. The smallest absolute Gasteiger partial charge is 0.275 e. The first-order valence-electron chi connectivity index (χ1n) is 5.20. The summed E-state index contributed by atoms with van der Waals surface area (Å²) in [6.07, 6.45) is 1.93. The van der Waals surface area contributed by atoms with Gasteiger partial charge in [-0.05, 0) is 31.5 Å². The van der Waals surface area contributed by atoms with E-state index in [1.54, 1.807) is 0 Å². The van der Waals surface area contributed by atoms with E-state index in [-0.39, 0.29) is 5.91 Å². The van der Waals surface area contributed by atoms with Crippen LogP contribution in [0.2, 0.25) is 0 Å². The molecule has 2 aromatic heterocycles. The average Bonchev–Trinajstić information content (AvgIpc) is 2.86. The monoisotopic (exact) mass is 250 g/mol. The van der Waals surface area contributed by atoms with Gasteiger partial charge in [0.2, 0.25) is 0 Å². The molecular formula is C11H14N4OS. The van der Waals surface area contributed by atoms with Crippen molar-refractivity contribution in [1.29, 1.82) is 0 Å². The van der Waals surface area contributed by atoms with E-state index in [2.05, 4.69) is 10.5 Å². The lowest BCUT2D eigenvalue weighted by molar-refractivity contribution is 0.0957. The minimum atomic E-state index is -0.249. The maximum atomic E-state index is 11.4. The van der Waals surface area contributed by atoms with Gasteiger partial charge < -0.3 is 0 Å². The molecule has 0 aliphatic carbocycles. The highest BCUT2D eigenvalue weighted by Gasteiger charge is 2.11. The first kappa shape index (κ1) is 11.8. The number of carbonyl (C=O) groups is 1. The molecule has 0 aromatic carbocycles. The van der Waals surface area contributed by atoms with E-state index in [0.29, 0.717) is 11.4 Å². The largest absolute Gasteiger partial charge is 0.289 e. The van der Waals surface area contributed by atoms with Gasteiger partial charge in [0.15, 0.2) is 0 Å². The number of nitrogens with two attached hydrogens (primary N) is 1. The summed E-state index contributed by atoms with van der Waals surface area (Å²) in [5.41, 5.74) is 4.22. The van der Waals surface area contributed by atoms with E-state index >= 15 is 0 Å². The molecule has 0 bridgehead atoms. The van der Waals surface area contributed by atoms with Crippen molar-refractivity contribution in [2.45, 2.75) is 20.4 Å². The number of hydrogen-bond acceptors (Lipinski definition) is 4. The van der Waals surface area contributed by atoms with Crippen molar-refractivity contribution in [3.05, 3.63) is 39.3 Å². The first-order valence-corrected chi connectivity index (χ1v) is 6.02. The molecular weight excluding hydrogens is 236 g/mol. The van der Waals surface area contributed by atoms with Crippen molar-refractivity contribution in [2.24, 2.45) is 5.84 Å². The highest BCUT2D eigenvalue weighted by molar-refractivity contribution is 7.14. The molecule has 0 aliphatic rings. The molecule has 0 fully saturated rings. The molecule has 1 amide bonds. The highest BCUT2D eigenvalue weighted by Crippen LogP contribution is 2.22. The Balaban J connectivity index is 2.21. The molecule has 0 saturated carbocycles. The van der Waals surface area contributed by atoms with Crippen LogP contribution in [0.4, 0.5) is 0 Å². The summed E-state index contributed by atoms with van der Waals surface area (Å²) in [5.74, 6) is 4.86. The fourth-order valence-corrected chi connectivity index (χ4v) is 2.52. The Hall–Kier alpha value is -1.66. The van der Waals surface area contributed by atoms with Crippen molar-refractivity contribution < 1.29 is 4.79 Å². The SMILES string of the molecule is Cc1ccn(Cc2cc(C(=O)NN)sc2C)n1. The second-order valence-corrected chi connectivity index (χ2v) is 5.08. The van der Waals surface area contributed by atoms with Crippen molar-refractivity contribution in [3.8, 4) is 0 Å². The van der Waals surface area contributed by atoms with E-state index in [9.17, 15) is 4.79 Å². The van der Waals surface area contributed by atoms with Crippen LogP contribution in [0, 0.1) is 13.8 Å². The zero-order valence-corrected chi connectivity index (χ0v) is 10.5. The lowest BCUT2D eigenvalue weighted by Gasteiger charge is -1.99. The maximum absolute atomic E-state index is 11.4. The molecule has 90 valence electrons. The molecule has 0 saturated heterocycles. The molecule has 0 unspecified atom stereocenters. The van der Waals surface area contributed by atoms with Gasteiger partial charge in [0.05, 0.1) is 17.1 Å². The van der Waals surface area contributed by atoms with Gasteiger partial charge >= 0.3 is 0 Å². The molecule has 3 N–H and O–H groups in total. The number of nitrogens with one attached hydrogen (secondary N) is 1. The number of thiophene rings is 1. The Morgan fingerprint density at radius 3 is 2.94 bits per heavy atom. The molecule has 0 radical (unpaired) electrons. The van der Waals surface area contributed by atoms with Gasteiger partial charge in [0, 0.05) is 11.1 Å². The fourth-order valence-electron chi connectivity index (χ4n) is 1.59. The second-order valence-electron chi connectivity index (χ2n) is 3.82. The third kappa shape index (κ3) is 2.54. The number of nitrogens with zero attached hydrogens (tertiary/aromatic N) is 2. The molecule has 2 heterocycles. The number of hydrazine groups is 1. The standard InChI is InChI=1S/C11H14N4OS/c1-7-3-4-15(14-7)6-9-5-10(11(16)13-12)17-8(9)2/h3-5H,6,12H2,1-2H3,(H,13,16). The number of carbonyl (C=O) groups excluding carboxylic acids is 1. The molecule has 2 aromatic rings. The summed E-state index contributed by atoms with van der Waals surface area (Å²) in [5, 5.41) is 4.32. The lowest BCUT2D eigenvalue weighted by Crippen LogP contribution is -2.29. The van der Waals surface area contributed by atoms with Gasteiger partial charge in [0.1, 0.15) is 0 Å². The minimum Gasteiger partial charge on any atom is -0.289 e. The van der Waals surface area contributed by atoms with Crippen LogP contribution in [0.1, 0.15) is 25.8 Å². The normalized spacial score (nSPS) is 10.5. The summed E-state index contributed by atoms with van der Waals surface area (Å²) in [6.45, 7) is 4.61. The molecule has 6 heteroatoms. The molecule has 2 rings (SSSR count). The number of amides is 1. The highest BCUT2D eigenvalue weighted by atomic mass is 32.1. The summed E-state index contributed by atoms with van der Waals surface area (Å²) >= 11 is 1.44. The van der Waals surface area contributed by atoms with E-state index < -0.39 is 0 Å². The van der Waals surface area contributed by atoms with E-state index in [1.807, 2.05) is 36.9 Å². The number of aryl methyl sites for hydroxylation is 2. The molecule has 0 spiro atoms. The Labute approximate surface area is 103 Å². The Bertz CT molecular complexity index is 543. The zero-order valence-electron chi connectivity index (χ0n) is 9.73. The number of nitrogen functional groups attached to an aromatic ring is 1. The van der Waals surface area contributed by atoms with Crippen LogP contribution in [0.25, 0.3) is 0 Å². The third-order valence-corrected chi connectivity index (χ3v) is 3.57. The summed E-state index contributed by atoms with van der Waals surface area (Å²) in [7, 11) is 0. The third-order valence-electron chi connectivity index (χ3n) is 2.48. The van der Waals surface area contributed by atoms with Crippen LogP contribution in [-0.2, 0) is 6.54 Å². The van der Waals surface area contributed by atoms with Crippen LogP contribution in [0.5, 0.6) is 0 Å². The van der Waals surface area contributed by atoms with E-state index in [4.69, 9.17) is 5.84 Å². The predicted molar refractivity (Wildman–Crippen MR) is 66.8 cm³/mol. The Morgan fingerprint density at radius 2 is 2.35 bits per heavy atom. The van der Waals surface area contributed by atoms with Crippen LogP contribution in [0.3, 0.4) is 0 Å². The molecule has 0 atom stereocenters. The molecule has 0 aliphatic heterocycles. The van der Waals surface area contributed by atoms with Crippen LogP contribution in [0.15, 0.2) is 18.3 Å². The average molecular weight is 250 g/mol. The Morgan fingerprint density at radius 1 is 1.59 bits per heavy atom. The quantitative estimate of drug-likeness (QED) is 0.488. The van der Waals surface area contributed by atoms with Gasteiger partial charge in [-0.2, -0.15) is 5.10 Å². The lowest BCUT2D eigenvalue weighted by atomic mass is 10.2. The first-order chi connectivity index (χ1) is 8.10. The second kappa shape index (κ2) is 4.68. The van der Waals surface area contributed by atoms with Crippen molar-refractivity contribution in [1.82, 2.24) is 15.2 Å². The summed E-state index contributed by atoms with van der Waals surface area (Å²) < 4.78 is 1.86. The van der Waals surface area contributed by atoms with E-state index in [1.165, 1.54) is 11.3 Å². The van der Waals surface area contributed by atoms with Crippen molar-refractivity contribution in [3.63, 3.8) is 0 Å². The summed E-state index contributed by atoms with van der Waals surface area (Å²) in [4.78, 5) is 13.1. The van der Waals surface area contributed by atoms with Gasteiger partial charge in [-0.15, -0.1) is 11.3 Å². The van der Waals surface area contributed by atoms with Crippen molar-refractivity contribution in [2.75, 3.05) is 0 Å². The molecule has 5 nitrogen and oxygen atoms in total. The minimum absolute atomic E-state index is 0.249. The predicted octanol–water partition coefficient (Wildman–Crippen LogP) is 1.21. The van der Waals surface area contributed by atoms with Crippen LogP contribution < -0.4 is 11.3 Å². The van der Waals surface area contributed by atoms with Crippen LogP contribution >= 0.6 is 11.3 Å². The van der Waals surface area contributed by atoms with E-state index in [0.717, 1.165) is 16.1 Å². The van der Waals surface area contributed by atoms with Gasteiger partial charge in [-0.3, -0.25) is 14.9 Å². The molecule has 17 heavy (non-hydrogen) atoms. The summed E-state index contributed by atoms with van der Waals surface area (Å²) in [6, 6.07) is 3.81. The zero-order chi connectivity index (χ0) is 12.4.